The van der Waals surface area contributed by atoms with Crippen molar-refractivity contribution in [3.63, 3.8) is 0 Å². The lowest BCUT2D eigenvalue weighted by atomic mass is 9.70. The van der Waals surface area contributed by atoms with Crippen molar-refractivity contribution in [1.82, 2.24) is 0 Å². The van der Waals surface area contributed by atoms with E-state index in [2.05, 4.69) is 12.2 Å². The highest BCUT2D eigenvalue weighted by molar-refractivity contribution is 6.03. The first-order chi connectivity index (χ1) is 7.20. The molecule has 4 atom stereocenters. The van der Waals surface area contributed by atoms with Crippen LogP contribution in [0, 0.1) is 23.2 Å². The van der Waals surface area contributed by atoms with Crippen molar-refractivity contribution in [2.75, 3.05) is 7.11 Å². The van der Waals surface area contributed by atoms with Crippen LogP contribution >= 0.6 is 0 Å². The van der Waals surface area contributed by atoms with Gasteiger partial charge in [0.2, 0.25) is 0 Å². The third kappa shape index (κ3) is 0.822. The summed E-state index contributed by atoms with van der Waals surface area (Å²) >= 11 is 0. The zero-order valence-corrected chi connectivity index (χ0v) is 8.47. The van der Waals surface area contributed by atoms with Gasteiger partial charge in [-0.1, -0.05) is 18.2 Å². The van der Waals surface area contributed by atoms with Crippen LogP contribution in [0.15, 0.2) is 24.3 Å². The van der Waals surface area contributed by atoms with Gasteiger partial charge in [-0.2, -0.15) is 0 Å². The highest BCUT2D eigenvalue weighted by atomic mass is 16.5. The summed E-state index contributed by atoms with van der Waals surface area (Å²) in [6.45, 7) is 0. The topological polar surface area (TPSA) is 43.4 Å². The molecule has 0 amide bonds. The fourth-order valence-corrected chi connectivity index (χ4v) is 3.43. The number of ketones is 1. The molecule has 0 N–H and O–H groups in total. The SMILES string of the molecule is COC(=O)[C@@]12C=CC(=O)[C@@H]1[C@@H]1C=C[C@H]2C1. The summed E-state index contributed by atoms with van der Waals surface area (Å²) < 4.78 is 4.86. The van der Waals surface area contributed by atoms with Gasteiger partial charge in [-0.15, -0.1) is 0 Å². The fourth-order valence-electron chi connectivity index (χ4n) is 3.43. The second-order valence-electron chi connectivity index (χ2n) is 4.53. The number of fused-ring (bicyclic) bond motifs is 5. The van der Waals surface area contributed by atoms with Gasteiger partial charge < -0.3 is 4.74 Å². The lowest BCUT2D eigenvalue weighted by Gasteiger charge is -2.31. The normalized spacial score (nSPS) is 44.9. The predicted octanol–water partition coefficient (Wildman–Crippen LogP) is 1.11. The van der Waals surface area contributed by atoms with Crippen molar-refractivity contribution < 1.29 is 14.3 Å². The van der Waals surface area contributed by atoms with E-state index in [4.69, 9.17) is 4.74 Å². The van der Waals surface area contributed by atoms with Crippen LogP contribution in [0.2, 0.25) is 0 Å². The highest BCUT2D eigenvalue weighted by Gasteiger charge is 2.64. The predicted molar refractivity (Wildman–Crippen MR) is 52.8 cm³/mol. The molecule has 0 saturated heterocycles. The number of esters is 1. The second kappa shape index (κ2) is 2.60. The third-order valence-electron chi connectivity index (χ3n) is 4.04. The first-order valence-electron chi connectivity index (χ1n) is 5.20. The summed E-state index contributed by atoms with van der Waals surface area (Å²) in [6, 6.07) is 0. The van der Waals surface area contributed by atoms with Crippen molar-refractivity contribution in [2.24, 2.45) is 23.2 Å². The van der Waals surface area contributed by atoms with Crippen molar-refractivity contribution in [2.45, 2.75) is 6.42 Å². The Morgan fingerprint density at radius 2 is 2.33 bits per heavy atom. The van der Waals surface area contributed by atoms with Crippen molar-refractivity contribution in [1.29, 1.82) is 0 Å². The molecule has 0 aromatic heterocycles. The van der Waals surface area contributed by atoms with E-state index in [9.17, 15) is 9.59 Å². The molecule has 0 aromatic carbocycles. The second-order valence-corrected chi connectivity index (χ2v) is 4.53. The number of carbonyl (C=O) groups excluding carboxylic acids is 2. The summed E-state index contributed by atoms with van der Waals surface area (Å²) in [5.41, 5.74) is -0.675. The molecule has 2 bridgehead atoms. The van der Waals surface area contributed by atoms with Gasteiger partial charge in [0.05, 0.1) is 7.11 Å². The average molecular weight is 204 g/mol. The van der Waals surface area contributed by atoms with E-state index in [-0.39, 0.29) is 29.5 Å². The Balaban J connectivity index is 2.13. The summed E-state index contributed by atoms with van der Waals surface area (Å²) in [6.07, 6.45) is 8.35. The molecule has 3 aliphatic rings. The maximum Gasteiger partial charge on any atom is 0.317 e. The monoisotopic (exact) mass is 204 g/mol. The molecule has 3 rings (SSSR count). The van der Waals surface area contributed by atoms with Crippen LogP contribution in [0.25, 0.3) is 0 Å². The van der Waals surface area contributed by atoms with Gasteiger partial charge in [-0.3, -0.25) is 9.59 Å². The molecule has 1 fully saturated rings. The number of ether oxygens (including phenoxy) is 1. The van der Waals surface area contributed by atoms with E-state index in [1.54, 1.807) is 12.2 Å². The standard InChI is InChI=1S/C12H12O3/c1-15-11(14)12-5-4-9(13)10(12)7-2-3-8(12)6-7/h2-5,7-8,10H,6H2,1H3/t7-,8+,10+,12-/m1/s1. The van der Waals surface area contributed by atoms with E-state index >= 15 is 0 Å². The molecular weight excluding hydrogens is 192 g/mol. The molecule has 3 nitrogen and oxygen atoms in total. The third-order valence-corrected chi connectivity index (χ3v) is 4.04. The molecule has 0 spiro atoms. The van der Waals surface area contributed by atoms with Gasteiger partial charge in [0, 0.05) is 5.92 Å². The van der Waals surface area contributed by atoms with Gasteiger partial charge in [-0.05, 0) is 24.3 Å². The smallest absolute Gasteiger partial charge is 0.317 e. The van der Waals surface area contributed by atoms with E-state index in [0.717, 1.165) is 6.42 Å². The Morgan fingerprint density at radius 1 is 1.53 bits per heavy atom. The molecule has 0 unspecified atom stereocenters. The van der Waals surface area contributed by atoms with Crippen LogP contribution < -0.4 is 0 Å². The highest BCUT2D eigenvalue weighted by Crippen LogP contribution is 2.60. The fraction of sp³-hybridized carbons (Fsp3) is 0.500. The average Bonchev–Trinajstić information content (AvgIpc) is 2.89. The van der Waals surface area contributed by atoms with Crippen LogP contribution in [0.4, 0.5) is 0 Å². The Labute approximate surface area is 87.8 Å². The number of hydrogen-bond donors (Lipinski definition) is 0. The van der Waals surface area contributed by atoms with Crippen LogP contribution in [0.5, 0.6) is 0 Å². The summed E-state index contributed by atoms with van der Waals surface area (Å²) in [4.78, 5) is 23.6. The van der Waals surface area contributed by atoms with E-state index in [0.29, 0.717) is 0 Å². The van der Waals surface area contributed by atoms with Gasteiger partial charge in [0.1, 0.15) is 5.41 Å². The van der Waals surface area contributed by atoms with Crippen molar-refractivity contribution in [3.8, 4) is 0 Å². The Bertz CT molecular complexity index is 407. The maximum atomic E-state index is 11.9. The molecule has 3 heteroatoms. The molecule has 0 heterocycles. The molecule has 15 heavy (non-hydrogen) atoms. The van der Waals surface area contributed by atoms with Gasteiger partial charge >= 0.3 is 5.97 Å². The lowest BCUT2D eigenvalue weighted by Crippen LogP contribution is -2.41. The first kappa shape index (κ1) is 8.89. The summed E-state index contributed by atoms with van der Waals surface area (Å²) in [5, 5.41) is 0. The van der Waals surface area contributed by atoms with Crippen molar-refractivity contribution >= 4 is 11.8 Å². The van der Waals surface area contributed by atoms with Gasteiger partial charge in [-0.25, -0.2) is 0 Å². The molecule has 0 aromatic rings. The lowest BCUT2D eigenvalue weighted by molar-refractivity contribution is -0.154. The summed E-state index contributed by atoms with van der Waals surface area (Å²) in [5.74, 6) is 0.0166. The molecule has 0 radical (unpaired) electrons. The van der Waals surface area contributed by atoms with Crippen LogP contribution in [-0.4, -0.2) is 18.9 Å². The maximum absolute atomic E-state index is 11.9. The Kier molecular flexibility index (Phi) is 1.54. The zero-order chi connectivity index (χ0) is 10.6. The Hall–Kier alpha value is -1.38. The molecule has 1 saturated carbocycles. The van der Waals surface area contributed by atoms with Crippen LogP contribution in [0.3, 0.4) is 0 Å². The number of rotatable bonds is 1. The molecule has 3 aliphatic carbocycles. The van der Waals surface area contributed by atoms with Gasteiger partial charge in [0.15, 0.2) is 5.78 Å². The minimum Gasteiger partial charge on any atom is -0.468 e. The van der Waals surface area contributed by atoms with Crippen LogP contribution in [0.1, 0.15) is 6.42 Å². The van der Waals surface area contributed by atoms with E-state index < -0.39 is 5.41 Å². The summed E-state index contributed by atoms with van der Waals surface area (Å²) in [7, 11) is 1.39. The number of allylic oxidation sites excluding steroid dienone is 3. The molecular formula is C12H12O3. The molecule has 0 aliphatic heterocycles. The number of carbonyl (C=O) groups is 2. The number of methoxy groups -OCH3 is 1. The van der Waals surface area contributed by atoms with Crippen LogP contribution in [-0.2, 0) is 14.3 Å². The van der Waals surface area contributed by atoms with Crippen molar-refractivity contribution in [3.05, 3.63) is 24.3 Å². The first-order valence-corrected chi connectivity index (χ1v) is 5.20. The van der Waals surface area contributed by atoms with Gasteiger partial charge in [0.25, 0.3) is 0 Å². The quantitative estimate of drug-likeness (QED) is 0.474. The van der Waals surface area contributed by atoms with E-state index in [1.807, 2.05) is 0 Å². The molecule has 78 valence electrons. The van der Waals surface area contributed by atoms with E-state index in [1.165, 1.54) is 7.11 Å². The number of hydrogen-bond acceptors (Lipinski definition) is 3. The minimum absolute atomic E-state index is 0.0808. The zero-order valence-electron chi connectivity index (χ0n) is 8.47. The Morgan fingerprint density at radius 3 is 3.07 bits per heavy atom. The largest absolute Gasteiger partial charge is 0.468 e. The minimum atomic E-state index is -0.675.